The summed E-state index contributed by atoms with van der Waals surface area (Å²) in [6, 6.07) is 6.25. The predicted molar refractivity (Wildman–Crippen MR) is 73.6 cm³/mol. The van der Waals surface area contributed by atoms with Gasteiger partial charge in [0.05, 0.1) is 5.69 Å². The molecule has 1 aromatic rings. The molecule has 98 valence electrons. The van der Waals surface area contributed by atoms with Gasteiger partial charge in [0, 0.05) is 54.0 Å². The van der Waals surface area contributed by atoms with E-state index in [0.29, 0.717) is 0 Å². The molecule has 0 bridgehead atoms. The van der Waals surface area contributed by atoms with Crippen molar-refractivity contribution in [3.05, 3.63) is 23.8 Å². The molecule has 5 heteroatoms. The fourth-order valence-electron chi connectivity index (χ4n) is 2.43. The molecular formula is C13H18N2O2S. The Morgan fingerprint density at radius 3 is 3.00 bits per heavy atom. The van der Waals surface area contributed by atoms with Crippen LogP contribution in [0.1, 0.15) is 5.56 Å². The van der Waals surface area contributed by atoms with E-state index in [-0.39, 0.29) is 0 Å². The molecule has 2 aliphatic rings. The second kappa shape index (κ2) is 5.28. The van der Waals surface area contributed by atoms with Gasteiger partial charge in [-0.15, -0.1) is 0 Å². The fraction of sp³-hybridized carbons (Fsp3) is 0.538. The average molecular weight is 266 g/mol. The zero-order chi connectivity index (χ0) is 12.4. The topological polar surface area (TPSA) is 41.6 Å². The molecule has 2 heterocycles. The summed E-state index contributed by atoms with van der Waals surface area (Å²) in [6.45, 7) is 4.34. The van der Waals surface area contributed by atoms with Crippen molar-refractivity contribution in [2.75, 3.05) is 43.1 Å². The Hall–Kier alpha value is -1.07. The summed E-state index contributed by atoms with van der Waals surface area (Å²) in [5, 5.41) is 3.36. The normalized spacial score (nSPS) is 20.9. The zero-order valence-corrected chi connectivity index (χ0v) is 11.2. The van der Waals surface area contributed by atoms with Gasteiger partial charge in [0.25, 0.3) is 0 Å². The van der Waals surface area contributed by atoms with E-state index in [1.807, 2.05) is 0 Å². The van der Waals surface area contributed by atoms with Crippen LogP contribution in [-0.4, -0.2) is 46.9 Å². The third kappa shape index (κ3) is 2.52. The van der Waals surface area contributed by atoms with Gasteiger partial charge in [0.1, 0.15) is 12.4 Å². The van der Waals surface area contributed by atoms with Crippen LogP contribution in [0.25, 0.3) is 0 Å². The molecule has 0 atom stereocenters. The minimum atomic E-state index is -0.606. The van der Waals surface area contributed by atoms with Crippen molar-refractivity contribution in [3.63, 3.8) is 0 Å². The van der Waals surface area contributed by atoms with Crippen LogP contribution in [0.15, 0.2) is 18.2 Å². The quantitative estimate of drug-likeness (QED) is 0.869. The van der Waals surface area contributed by atoms with Crippen LogP contribution >= 0.6 is 0 Å². The molecule has 0 radical (unpaired) electrons. The highest BCUT2D eigenvalue weighted by Gasteiger charge is 2.19. The van der Waals surface area contributed by atoms with Crippen LogP contribution in [0.5, 0.6) is 5.75 Å². The van der Waals surface area contributed by atoms with Gasteiger partial charge in [-0.2, -0.15) is 0 Å². The molecule has 1 saturated heterocycles. The van der Waals surface area contributed by atoms with Crippen LogP contribution in [0, 0.1) is 0 Å². The number of benzene rings is 1. The largest absolute Gasteiger partial charge is 0.489 e. The molecule has 0 saturated carbocycles. The molecule has 0 aromatic heterocycles. The highest BCUT2D eigenvalue weighted by atomic mass is 32.2. The second-order valence-corrected chi connectivity index (χ2v) is 6.39. The molecule has 1 aromatic carbocycles. The van der Waals surface area contributed by atoms with Gasteiger partial charge in [-0.25, -0.2) is 0 Å². The number of anilines is 1. The first-order chi connectivity index (χ1) is 8.83. The number of rotatable bonds is 2. The summed E-state index contributed by atoms with van der Waals surface area (Å²) >= 11 is 0. The molecule has 0 amide bonds. The molecule has 0 aliphatic carbocycles. The Labute approximate surface area is 110 Å². The number of para-hydroxylation sites is 1. The number of ether oxygens (including phenoxy) is 1. The van der Waals surface area contributed by atoms with Crippen molar-refractivity contribution < 1.29 is 8.95 Å². The third-order valence-electron chi connectivity index (χ3n) is 3.42. The predicted octanol–water partition coefficient (Wildman–Crippen LogP) is 1.06. The average Bonchev–Trinajstić information content (AvgIpc) is 2.42. The first-order valence-corrected chi connectivity index (χ1v) is 7.87. The number of nitrogens with zero attached hydrogens (tertiary/aromatic N) is 1. The smallest absolute Gasteiger partial charge is 0.146 e. The van der Waals surface area contributed by atoms with Gasteiger partial charge in [-0.05, 0) is 6.07 Å². The molecule has 1 N–H and O–H groups in total. The van der Waals surface area contributed by atoms with E-state index < -0.39 is 10.8 Å². The molecule has 1 fully saturated rings. The second-order valence-electron chi connectivity index (χ2n) is 4.69. The fourth-order valence-corrected chi connectivity index (χ4v) is 3.56. The van der Waals surface area contributed by atoms with Crippen LogP contribution in [0.3, 0.4) is 0 Å². The van der Waals surface area contributed by atoms with Crippen LogP contribution < -0.4 is 10.1 Å². The summed E-state index contributed by atoms with van der Waals surface area (Å²) in [6.07, 6.45) is 0. The molecular weight excluding hydrogens is 248 g/mol. The molecule has 4 nitrogen and oxygen atoms in total. The molecule has 3 rings (SSSR count). The van der Waals surface area contributed by atoms with Crippen LogP contribution in [0.4, 0.5) is 5.69 Å². The number of nitrogens with one attached hydrogen (secondary N) is 1. The van der Waals surface area contributed by atoms with E-state index in [9.17, 15) is 4.21 Å². The minimum Gasteiger partial charge on any atom is -0.489 e. The lowest BCUT2D eigenvalue weighted by molar-refractivity contribution is 0.275. The Balaban J connectivity index is 1.74. The molecule has 0 unspecified atom stereocenters. The summed E-state index contributed by atoms with van der Waals surface area (Å²) in [7, 11) is -0.606. The van der Waals surface area contributed by atoms with Crippen LogP contribution in [0.2, 0.25) is 0 Å². The van der Waals surface area contributed by atoms with Gasteiger partial charge in [-0.3, -0.25) is 9.11 Å². The van der Waals surface area contributed by atoms with Crippen LogP contribution in [-0.2, 0) is 17.3 Å². The standard InChI is InChI=1S/C13H18N2O2S/c16-18-8-5-15(6-9-18)10-11-2-1-3-12-13(11)17-7-4-14-12/h1-3,14H,4-10H2. The van der Waals surface area contributed by atoms with Crippen molar-refractivity contribution in [2.45, 2.75) is 6.54 Å². The highest BCUT2D eigenvalue weighted by Crippen LogP contribution is 2.32. The first kappa shape index (κ1) is 12.0. The minimum absolute atomic E-state index is 0.606. The SMILES string of the molecule is O=S1CCN(Cc2cccc3c2OCCN3)CC1. The van der Waals surface area contributed by atoms with Gasteiger partial charge in [-0.1, -0.05) is 12.1 Å². The maximum atomic E-state index is 11.3. The Bertz CT molecular complexity index is 454. The van der Waals surface area contributed by atoms with Crippen molar-refractivity contribution in [1.82, 2.24) is 4.90 Å². The van der Waals surface area contributed by atoms with E-state index in [0.717, 1.165) is 55.7 Å². The molecule has 0 spiro atoms. The van der Waals surface area contributed by atoms with Gasteiger partial charge in [0.15, 0.2) is 0 Å². The molecule has 2 aliphatic heterocycles. The monoisotopic (exact) mass is 266 g/mol. The van der Waals surface area contributed by atoms with Gasteiger partial charge >= 0.3 is 0 Å². The Morgan fingerprint density at radius 2 is 2.17 bits per heavy atom. The van der Waals surface area contributed by atoms with Crippen molar-refractivity contribution in [2.24, 2.45) is 0 Å². The first-order valence-electron chi connectivity index (χ1n) is 6.39. The van der Waals surface area contributed by atoms with E-state index in [1.54, 1.807) is 0 Å². The van der Waals surface area contributed by atoms with Crippen molar-refractivity contribution in [3.8, 4) is 5.75 Å². The highest BCUT2D eigenvalue weighted by molar-refractivity contribution is 7.85. The zero-order valence-electron chi connectivity index (χ0n) is 10.4. The van der Waals surface area contributed by atoms with Crippen molar-refractivity contribution in [1.29, 1.82) is 0 Å². The van der Waals surface area contributed by atoms with Gasteiger partial charge in [0.2, 0.25) is 0 Å². The lowest BCUT2D eigenvalue weighted by Crippen LogP contribution is -2.37. The lowest BCUT2D eigenvalue weighted by atomic mass is 10.1. The Morgan fingerprint density at radius 1 is 1.33 bits per heavy atom. The number of hydrogen-bond acceptors (Lipinski definition) is 4. The van der Waals surface area contributed by atoms with E-state index in [2.05, 4.69) is 28.4 Å². The lowest BCUT2D eigenvalue weighted by Gasteiger charge is -2.28. The maximum absolute atomic E-state index is 11.3. The van der Waals surface area contributed by atoms with E-state index >= 15 is 0 Å². The van der Waals surface area contributed by atoms with Gasteiger partial charge < -0.3 is 10.1 Å². The number of hydrogen-bond donors (Lipinski definition) is 1. The van der Waals surface area contributed by atoms with Crippen molar-refractivity contribution >= 4 is 16.5 Å². The van der Waals surface area contributed by atoms with E-state index in [4.69, 9.17) is 4.74 Å². The summed E-state index contributed by atoms with van der Waals surface area (Å²) in [5.74, 6) is 2.60. The number of fused-ring (bicyclic) bond motifs is 1. The third-order valence-corrected chi connectivity index (χ3v) is 4.70. The summed E-state index contributed by atoms with van der Waals surface area (Å²) < 4.78 is 17.1. The maximum Gasteiger partial charge on any atom is 0.146 e. The summed E-state index contributed by atoms with van der Waals surface area (Å²) in [5.41, 5.74) is 2.33. The Kier molecular flexibility index (Phi) is 3.52. The van der Waals surface area contributed by atoms with E-state index in [1.165, 1.54) is 5.56 Å². The molecule has 18 heavy (non-hydrogen) atoms. The summed E-state index contributed by atoms with van der Waals surface area (Å²) in [4.78, 5) is 2.36.